The predicted octanol–water partition coefficient (Wildman–Crippen LogP) is 2.47. The number of ketones is 1. The molecule has 0 spiro atoms. The third kappa shape index (κ3) is 2.90. The van der Waals surface area contributed by atoms with Crippen molar-refractivity contribution in [1.82, 2.24) is 0 Å². The van der Waals surface area contributed by atoms with Gasteiger partial charge in [-0.1, -0.05) is 25.1 Å². The Morgan fingerprint density at radius 1 is 1.38 bits per heavy atom. The lowest BCUT2D eigenvalue weighted by molar-refractivity contribution is -0.117. The van der Waals surface area contributed by atoms with Gasteiger partial charge in [0.15, 0.2) is 5.78 Å². The number of nitrogens with one attached hydrogen (secondary N) is 1. The number of hydrogen-bond acceptors (Lipinski definition) is 2. The van der Waals surface area contributed by atoms with Crippen LogP contribution in [0.2, 0.25) is 0 Å². The van der Waals surface area contributed by atoms with Crippen molar-refractivity contribution in [3.8, 4) is 0 Å². The number of para-hydroxylation sites is 1. The SMILES string of the molecule is CCC(Nc1ccccc1)C(C)=O. The second-order valence-electron chi connectivity index (χ2n) is 3.08. The van der Waals surface area contributed by atoms with E-state index < -0.39 is 0 Å². The summed E-state index contributed by atoms with van der Waals surface area (Å²) in [5.74, 6) is 0.186. The first-order valence-electron chi connectivity index (χ1n) is 4.56. The average molecular weight is 177 g/mol. The molecule has 0 bridgehead atoms. The van der Waals surface area contributed by atoms with E-state index in [0.29, 0.717) is 0 Å². The number of Topliss-reactive ketones (excluding diaryl/α,β-unsaturated/α-hetero) is 1. The zero-order valence-corrected chi connectivity index (χ0v) is 8.08. The molecular formula is C11H15NO. The lowest BCUT2D eigenvalue weighted by atomic mass is 10.1. The topological polar surface area (TPSA) is 29.1 Å². The molecule has 0 saturated heterocycles. The highest BCUT2D eigenvalue weighted by Crippen LogP contribution is 2.08. The van der Waals surface area contributed by atoms with Crippen LogP contribution in [0.4, 0.5) is 5.69 Å². The van der Waals surface area contributed by atoms with Gasteiger partial charge in [-0.25, -0.2) is 0 Å². The van der Waals surface area contributed by atoms with Gasteiger partial charge in [-0.05, 0) is 25.5 Å². The molecule has 2 heteroatoms. The van der Waals surface area contributed by atoms with Crippen LogP contribution in [0, 0.1) is 0 Å². The van der Waals surface area contributed by atoms with Crippen molar-refractivity contribution in [2.45, 2.75) is 26.3 Å². The van der Waals surface area contributed by atoms with Crippen molar-refractivity contribution >= 4 is 11.5 Å². The number of hydrogen-bond donors (Lipinski definition) is 1. The maximum atomic E-state index is 11.1. The average Bonchev–Trinajstić information content (AvgIpc) is 2.15. The second kappa shape index (κ2) is 4.65. The minimum atomic E-state index is -0.0533. The van der Waals surface area contributed by atoms with E-state index in [-0.39, 0.29) is 11.8 Å². The predicted molar refractivity (Wildman–Crippen MR) is 54.8 cm³/mol. The molecule has 1 rings (SSSR count). The molecule has 0 fully saturated rings. The Morgan fingerprint density at radius 3 is 2.46 bits per heavy atom. The number of rotatable bonds is 4. The van der Waals surface area contributed by atoms with E-state index in [2.05, 4.69) is 5.32 Å². The van der Waals surface area contributed by atoms with Crippen LogP contribution in [0.15, 0.2) is 30.3 Å². The van der Waals surface area contributed by atoms with Crippen molar-refractivity contribution < 1.29 is 4.79 Å². The molecule has 1 N–H and O–H groups in total. The molecule has 0 aromatic heterocycles. The lowest BCUT2D eigenvalue weighted by Crippen LogP contribution is -2.26. The Bertz CT molecular complexity index is 269. The third-order valence-corrected chi connectivity index (χ3v) is 2.01. The van der Waals surface area contributed by atoms with Crippen molar-refractivity contribution in [3.05, 3.63) is 30.3 Å². The molecule has 0 radical (unpaired) electrons. The van der Waals surface area contributed by atoms with Gasteiger partial charge in [-0.2, -0.15) is 0 Å². The molecule has 13 heavy (non-hydrogen) atoms. The minimum Gasteiger partial charge on any atom is -0.375 e. The summed E-state index contributed by atoms with van der Waals surface area (Å²) in [4.78, 5) is 11.1. The van der Waals surface area contributed by atoms with Gasteiger partial charge >= 0.3 is 0 Å². The van der Waals surface area contributed by atoms with E-state index in [1.54, 1.807) is 6.92 Å². The summed E-state index contributed by atoms with van der Waals surface area (Å²) in [6.07, 6.45) is 0.824. The van der Waals surface area contributed by atoms with Crippen molar-refractivity contribution in [2.24, 2.45) is 0 Å². The smallest absolute Gasteiger partial charge is 0.151 e. The highest BCUT2D eigenvalue weighted by atomic mass is 16.1. The number of benzene rings is 1. The van der Waals surface area contributed by atoms with E-state index in [1.165, 1.54) is 0 Å². The van der Waals surface area contributed by atoms with Crippen molar-refractivity contribution in [3.63, 3.8) is 0 Å². The molecule has 1 unspecified atom stereocenters. The van der Waals surface area contributed by atoms with E-state index in [4.69, 9.17) is 0 Å². The molecule has 1 aromatic carbocycles. The molecule has 0 aliphatic rings. The Labute approximate surface area is 79.0 Å². The molecular weight excluding hydrogens is 162 g/mol. The summed E-state index contributed by atoms with van der Waals surface area (Å²) >= 11 is 0. The lowest BCUT2D eigenvalue weighted by Gasteiger charge is -2.14. The van der Waals surface area contributed by atoms with Crippen LogP contribution in [-0.4, -0.2) is 11.8 Å². The van der Waals surface area contributed by atoms with Crippen molar-refractivity contribution in [1.29, 1.82) is 0 Å². The van der Waals surface area contributed by atoms with Gasteiger partial charge in [-0.15, -0.1) is 0 Å². The molecule has 0 aliphatic heterocycles. The van der Waals surface area contributed by atoms with Gasteiger partial charge in [0.25, 0.3) is 0 Å². The molecule has 0 heterocycles. The van der Waals surface area contributed by atoms with E-state index in [9.17, 15) is 4.79 Å². The summed E-state index contributed by atoms with van der Waals surface area (Å²) < 4.78 is 0. The number of carbonyl (C=O) groups excluding carboxylic acids is 1. The van der Waals surface area contributed by atoms with Crippen LogP contribution in [0.25, 0.3) is 0 Å². The van der Waals surface area contributed by atoms with Crippen molar-refractivity contribution in [2.75, 3.05) is 5.32 Å². The Kier molecular flexibility index (Phi) is 3.50. The van der Waals surface area contributed by atoms with Crippen LogP contribution < -0.4 is 5.32 Å². The van der Waals surface area contributed by atoms with Gasteiger partial charge < -0.3 is 5.32 Å². The monoisotopic (exact) mass is 177 g/mol. The number of anilines is 1. The minimum absolute atomic E-state index is 0.0533. The van der Waals surface area contributed by atoms with Gasteiger partial charge in [0.05, 0.1) is 6.04 Å². The van der Waals surface area contributed by atoms with Crippen LogP contribution >= 0.6 is 0 Å². The zero-order chi connectivity index (χ0) is 9.68. The fourth-order valence-electron chi connectivity index (χ4n) is 1.23. The van der Waals surface area contributed by atoms with E-state index in [0.717, 1.165) is 12.1 Å². The fourth-order valence-corrected chi connectivity index (χ4v) is 1.23. The highest BCUT2D eigenvalue weighted by Gasteiger charge is 2.09. The van der Waals surface area contributed by atoms with Crippen LogP contribution in [0.5, 0.6) is 0 Å². The summed E-state index contributed by atoms with van der Waals surface area (Å²) in [6, 6.07) is 9.74. The summed E-state index contributed by atoms with van der Waals surface area (Å²) in [7, 11) is 0. The standard InChI is InChI=1S/C11H15NO/c1-3-11(9(2)13)12-10-7-5-4-6-8-10/h4-8,11-12H,3H2,1-2H3. The van der Waals surface area contributed by atoms with Gasteiger partial charge in [0.1, 0.15) is 0 Å². The Balaban J connectivity index is 2.62. The third-order valence-electron chi connectivity index (χ3n) is 2.01. The summed E-state index contributed by atoms with van der Waals surface area (Å²) in [5.41, 5.74) is 1.00. The summed E-state index contributed by atoms with van der Waals surface area (Å²) in [5, 5.41) is 3.18. The van der Waals surface area contributed by atoms with Crippen LogP contribution in [0.1, 0.15) is 20.3 Å². The first-order valence-corrected chi connectivity index (χ1v) is 4.56. The first kappa shape index (κ1) is 9.78. The highest BCUT2D eigenvalue weighted by molar-refractivity contribution is 5.84. The molecule has 2 nitrogen and oxygen atoms in total. The van der Waals surface area contributed by atoms with Gasteiger partial charge in [-0.3, -0.25) is 4.79 Å². The summed E-state index contributed by atoms with van der Waals surface area (Å²) in [6.45, 7) is 3.62. The molecule has 0 aliphatic carbocycles. The largest absolute Gasteiger partial charge is 0.375 e. The van der Waals surface area contributed by atoms with Crippen LogP contribution in [0.3, 0.4) is 0 Å². The van der Waals surface area contributed by atoms with Gasteiger partial charge in [0, 0.05) is 5.69 Å². The van der Waals surface area contributed by atoms with Crippen LogP contribution in [-0.2, 0) is 4.79 Å². The fraction of sp³-hybridized carbons (Fsp3) is 0.364. The molecule has 0 saturated carbocycles. The normalized spacial score (nSPS) is 12.2. The van der Waals surface area contributed by atoms with E-state index in [1.807, 2.05) is 37.3 Å². The van der Waals surface area contributed by atoms with Gasteiger partial charge in [0.2, 0.25) is 0 Å². The molecule has 70 valence electrons. The second-order valence-corrected chi connectivity index (χ2v) is 3.08. The maximum Gasteiger partial charge on any atom is 0.151 e. The maximum absolute atomic E-state index is 11.1. The van der Waals surface area contributed by atoms with E-state index >= 15 is 0 Å². The molecule has 1 aromatic rings. The quantitative estimate of drug-likeness (QED) is 0.765. The Hall–Kier alpha value is -1.31. The molecule has 1 atom stereocenters. The number of carbonyl (C=O) groups is 1. The zero-order valence-electron chi connectivity index (χ0n) is 8.08. The Morgan fingerprint density at radius 2 is 2.00 bits per heavy atom. The first-order chi connectivity index (χ1) is 6.24. The molecule has 0 amide bonds.